The number of hydrogen-bond donors (Lipinski definition) is 0. The van der Waals surface area contributed by atoms with Crippen LogP contribution in [0.25, 0.3) is 5.57 Å². The first-order valence-electron chi connectivity index (χ1n) is 5.29. The van der Waals surface area contributed by atoms with Crippen molar-refractivity contribution in [2.75, 3.05) is 0 Å². The molecule has 0 amide bonds. The number of allylic oxidation sites excluding steroid dienone is 4. The summed E-state index contributed by atoms with van der Waals surface area (Å²) in [5.41, 5.74) is 2.62. The maximum atomic E-state index is 10.7. The van der Waals surface area contributed by atoms with Crippen molar-refractivity contribution < 1.29 is 4.92 Å². The molecule has 0 saturated heterocycles. The van der Waals surface area contributed by atoms with Crippen molar-refractivity contribution in [2.24, 2.45) is 5.92 Å². The van der Waals surface area contributed by atoms with E-state index in [9.17, 15) is 10.1 Å². The Labute approximate surface area is 94.3 Å². The summed E-state index contributed by atoms with van der Waals surface area (Å²) < 4.78 is 0. The predicted molar refractivity (Wildman–Crippen MR) is 63.3 cm³/mol. The lowest BCUT2D eigenvalue weighted by Crippen LogP contribution is -2.12. The Kier molecular flexibility index (Phi) is 2.86. The molecule has 0 fully saturated rings. The Morgan fingerprint density at radius 2 is 1.94 bits per heavy atom. The van der Waals surface area contributed by atoms with E-state index in [1.165, 1.54) is 5.57 Å². The third-order valence-corrected chi connectivity index (χ3v) is 2.84. The largest absolute Gasteiger partial charge is 0.259 e. The molecule has 2 rings (SSSR count). The zero-order valence-electron chi connectivity index (χ0n) is 9.09. The van der Waals surface area contributed by atoms with Gasteiger partial charge >= 0.3 is 0 Å². The van der Waals surface area contributed by atoms with E-state index >= 15 is 0 Å². The van der Waals surface area contributed by atoms with Crippen LogP contribution in [0.5, 0.6) is 0 Å². The van der Waals surface area contributed by atoms with Gasteiger partial charge in [-0.2, -0.15) is 0 Å². The summed E-state index contributed by atoms with van der Waals surface area (Å²) >= 11 is 0. The lowest BCUT2D eigenvalue weighted by molar-refractivity contribution is -0.433. The van der Waals surface area contributed by atoms with Gasteiger partial charge in [0.15, 0.2) is 0 Å². The normalized spacial score (nSPS) is 19.9. The molecular formula is C13H13NO2. The first-order valence-corrected chi connectivity index (χ1v) is 5.29. The molecule has 1 aliphatic rings. The van der Waals surface area contributed by atoms with Crippen molar-refractivity contribution in [3.8, 4) is 0 Å². The SMILES string of the molecule is CC1CC(c2ccccc2)=CC=C1[N+](=O)[O-]. The van der Waals surface area contributed by atoms with Crippen LogP contribution in [0.4, 0.5) is 0 Å². The molecule has 1 aromatic rings. The second-order valence-corrected chi connectivity index (χ2v) is 4.01. The van der Waals surface area contributed by atoms with E-state index in [0.717, 1.165) is 12.0 Å². The molecule has 3 nitrogen and oxygen atoms in total. The molecule has 0 spiro atoms. The van der Waals surface area contributed by atoms with Gasteiger partial charge in [-0.3, -0.25) is 10.1 Å². The van der Waals surface area contributed by atoms with Crippen LogP contribution in [-0.2, 0) is 0 Å². The first-order chi connectivity index (χ1) is 7.68. The Balaban J connectivity index is 2.31. The van der Waals surface area contributed by atoms with Gasteiger partial charge in [0.25, 0.3) is 0 Å². The van der Waals surface area contributed by atoms with E-state index in [2.05, 4.69) is 0 Å². The predicted octanol–water partition coefficient (Wildman–Crippen LogP) is 3.27. The minimum Gasteiger partial charge on any atom is -0.259 e. The van der Waals surface area contributed by atoms with Crippen LogP contribution in [-0.4, -0.2) is 4.92 Å². The highest BCUT2D eigenvalue weighted by Crippen LogP contribution is 2.30. The number of hydrogen-bond acceptors (Lipinski definition) is 2. The van der Waals surface area contributed by atoms with E-state index in [1.807, 2.05) is 43.3 Å². The van der Waals surface area contributed by atoms with Crippen LogP contribution < -0.4 is 0 Å². The van der Waals surface area contributed by atoms with Crippen molar-refractivity contribution in [2.45, 2.75) is 13.3 Å². The summed E-state index contributed by atoms with van der Waals surface area (Å²) in [6.07, 6.45) is 4.21. The van der Waals surface area contributed by atoms with Crippen LogP contribution in [0.1, 0.15) is 18.9 Å². The number of rotatable bonds is 2. The van der Waals surface area contributed by atoms with Crippen LogP contribution in [0.15, 0.2) is 48.2 Å². The molecule has 0 bridgehead atoms. The molecular weight excluding hydrogens is 202 g/mol. The highest BCUT2D eigenvalue weighted by molar-refractivity contribution is 5.68. The molecule has 0 N–H and O–H groups in total. The van der Waals surface area contributed by atoms with Gasteiger partial charge in [0.05, 0.1) is 10.8 Å². The summed E-state index contributed by atoms with van der Waals surface area (Å²) in [5.74, 6) is -0.0183. The van der Waals surface area contributed by atoms with Gasteiger partial charge in [-0.05, 0) is 17.6 Å². The zero-order chi connectivity index (χ0) is 11.5. The zero-order valence-corrected chi connectivity index (χ0v) is 9.09. The van der Waals surface area contributed by atoms with Gasteiger partial charge in [-0.25, -0.2) is 0 Å². The fourth-order valence-corrected chi connectivity index (χ4v) is 1.96. The highest BCUT2D eigenvalue weighted by Gasteiger charge is 2.24. The van der Waals surface area contributed by atoms with Gasteiger partial charge in [0.2, 0.25) is 5.70 Å². The topological polar surface area (TPSA) is 43.1 Å². The van der Waals surface area contributed by atoms with Crippen molar-refractivity contribution in [1.82, 2.24) is 0 Å². The molecule has 16 heavy (non-hydrogen) atoms. The highest BCUT2D eigenvalue weighted by atomic mass is 16.6. The molecule has 1 unspecified atom stereocenters. The molecule has 0 radical (unpaired) electrons. The van der Waals surface area contributed by atoms with Crippen molar-refractivity contribution in [1.29, 1.82) is 0 Å². The van der Waals surface area contributed by atoms with Gasteiger partial charge in [-0.15, -0.1) is 0 Å². The minimum absolute atomic E-state index is 0.0183. The van der Waals surface area contributed by atoms with Gasteiger partial charge in [0.1, 0.15) is 0 Å². The van der Waals surface area contributed by atoms with E-state index in [4.69, 9.17) is 0 Å². The second-order valence-electron chi connectivity index (χ2n) is 4.01. The van der Waals surface area contributed by atoms with Gasteiger partial charge in [-0.1, -0.05) is 43.3 Å². The fraction of sp³-hybridized carbons (Fsp3) is 0.231. The maximum absolute atomic E-state index is 10.7. The van der Waals surface area contributed by atoms with E-state index in [-0.39, 0.29) is 10.8 Å². The second kappa shape index (κ2) is 4.31. The standard InChI is InChI=1S/C13H13NO2/c1-10-9-12(7-8-13(10)14(15)16)11-5-3-2-4-6-11/h2-8,10H,9H2,1H3. The monoisotopic (exact) mass is 215 g/mol. The van der Waals surface area contributed by atoms with Gasteiger partial charge < -0.3 is 0 Å². The maximum Gasteiger partial charge on any atom is 0.249 e. The molecule has 3 heteroatoms. The van der Waals surface area contributed by atoms with Crippen molar-refractivity contribution in [3.05, 3.63) is 63.9 Å². The molecule has 82 valence electrons. The molecule has 0 heterocycles. The Hall–Kier alpha value is -1.90. The van der Waals surface area contributed by atoms with Crippen LogP contribution in [0.3, 0.4) is 0 Å². The third-order valence-electron chi connectivity index (χ3n) is 2.84. The average Bonchev–Trinajstić information content (AvgIpc) is 2.29. The summed E-state index contributed by atoms with van der Waals surface area (Å²) in [6, 6.07) is 9.99. The minimum atomic E-state index is -0.289. The van der Waals surface area contributed by atoms with Crippen LogP contribution >= 0.6 is 0 Å². The molecule has 1 atom stereocenters. The van der Waals surface area contributed by atoms with E-state index < -0.39 is 0 Å². The lowest BCUT2D eigenvalue weighted by atomic mass is 9.89. The number of nitrogens with zero attached hydrogens (tertiary/aromatic N) is 1. The summed E-state index contributed by atoms with van der Waals surface area (Å²) in [4.78, 5) is 10.4. The van der Waals surface area contributed by atoms with Gasteiger partial charge in [0, 0.05) is 6.08 Å². The van der Waals surface area contributed by atoms with E-state index in [1.54, 1.807) is 6.08 Å². The number of benzene rings is 1. The molecule has 1 aliphatic carbocycles. The number of nitro groups is 1. The summed E-state index contributed by atoms with van der Waals surface area (Å²) in [7, 11) is 0. The Morgan fingerprint density at radius 3 is 2.50 bits per heavy atom. The van der Waals surface area contributed by atoms with Crippen molar-refractivity contribution >= 4 is 5.57 Å². The Morgan fingerprint density at radius 1 is 1.25 bits per heavy atom. The molecule has 0 aromatic heterocycles. The first kappa shape index (κ1) is 10.6. The third kappa shape index (κ3) is 2.03. The molecule has 0 saturated carbocycles. The Bertz CT molecular complexity index is 460. The fourth-order valence-electron chi connectivity index (χ4n) is 1.96. The van der Waals surface area contributed by atoms with Crippen LogP contribution in [0, 0.1) is 16.0 Å². The smallest absolute Gasteiger partial charge is 0.249 e. The summed E-state index contributed by atoms with van der Waals surface area (Å²) in [5, 5.41) is 10.7. The lowest BCUT2D eigenvalue weighted by Gasteiger charge is -2.16. The molecule has 0 aliphatic heterocycles. The van der Waals surface area contributed by atoms with E-state index in [0.29, 0.717) is 5.70 Å². The quantitative estimate of drug-likeness (QED) is 0.561. The molecule has 1 aromatic carbocycles. The van der Waals surface area contributed by atoms with Crippen LogP contribution in [0.2, 0.25) is 0 Å². The average molecular weight is 215 g/mol. The van der Waals surface area contributed by atoms with Crippen molar-refractivity contribution in [3.63, 3.8) is 0 Å². The summed E-state index contributed by atoms with van der Waals surface area (Å²) in [6.45, 7) is 1.89.